The van der Waals surface area contributed by atoms with Crippen LogP contribution in [0.5, 0.6) is 0 Å². The summed E-state index contributed by atoms with van der Waals surface area (Å²) in [6.07, 6.45) is 2.50. The van der Waals surface area contributed by atoms with Crippen LogP contribution in [0.2, 0.25) is 0 Å². The van der Waals surface area contributed by atoms with E-state index in [0.717, 1.165) is 12.8 Å². The van der Waals surface area contributed by atoms with Gasteiger partial charge in [0.15, 0.2) is 11.6 Å². The highest BCUT2D eigenvalue weighted by molar-refractivity contribution is 9.10. The second-order valence-corrected chi connectivity index (χ2v) is 5.16. The molecule has 0 aromatic carbocycles. The monoisotopic (exact) mass is 329 g/mol. The van der Waals surface area contributed by atoms with E-state index >= 15 is 0 Å². The van der Waals surface area contributed by atoms with Crippen molar-refractivity contribution in [2.45, 2.75) is 18.9 Å². The fourth-order valence-corrected chi connectivity index (χ4v) is 2.39. The third-order valence-corrected chi connectivity index (χ3v) is 3.39. The molecule has 1 fully saturated rings. The SMILES string of the molecule is CNc1ncc(Br)nc1NC1CCCN(C(=O)O)C1. The summed E-state index contributed by atoms with van der Waals surface area (Å²) in [5.74, 6) is 1.28. The van der Waals surface area contributed by atoms with Crippen molar-refractivity contribution in [2.75, 3.05) is 30.8 Å². The summed E-state index contributed by atoms with van der Waals surface area (Å²) < 4.78 is 0.639. The average Bonchev–Trinajstić information content (AvgIpc) is 2.39. The summed E-state index contributed by atoms with van der Waals surface area (Å²) in [4.78, 5) is 20.9. The Labute approximate surface area is 119 Å². The van der Waals surface area contributed by atoms with Gasteiger partial charge in [0.25, 0.3) is 0 Å². The number of anilines is 2. The molecule has 0 saturated carbocycles. The van der Waals surface area contributed by atoms with E-state index in [1.54, 1.807) is 13.2 Å². The summed E-state index contributed by atoms with van der Waals surface area (Å²) >= 11 is 3.28. The summed E-state index contributed by atoms with van der Waals surface area (Å²) in [6, 6.07) is 0.0561. The van der Waals surface area contributed by atoms with Gasteiger partial charge in [-0.05, 0) is 28.8 Å². The van der Waals surface area contributed by atoms with Crippen LogP contribution >= 0.6 is 15.9 Å². The van der Waals surface area contributed by atoms with Crippen molar-refractivity contribution < 1.29 is 9.90 Å². The van der Waals surface area contributed by atoms with Crippen LogP contribution in [0.3, 0.4) is 0 Å². The molecule has 0 bridgehead atoms. The lowest BCUT2D eigenvalue weighted by Crippen LogP contribution is -2.44. The van der Waals surface area contributed by atoms with Gasteiger partial charge in [-0.3, -0.25) is 0 Å². The molecule has 2 rings (SSSR count). The van der Waals surface area contributed by atoms with Gasteiger partial charge in [0, 0.05) is 26.2 Å². The van der Waals surface area contributed by atoms with E-state index in [-0.39, 0.29) is 6.04 Å². The number of nitrogens with zero attached hydrogens (tertiary/aromatic N) is 3. The van der Waals surface area contributed by atoms with Crippen molar-refractivity contribution in [3.63, 3.8) is 0 Å². The Kier molecular flexibility index (Phi) is 4.41. The van der Waals surface area contributed by atoms with Crippen LogP contribution < -0.4 is 10.6 Å². The normalized spacial score (nSPS) is 19.1. The van der Waals surface area contributed by atoms with Gasteiger partial charge in [-0.15, -0.1) is 0 Å². The first-order valence-electron chi connectivity index (χ1n) is 6.05. The molecule has 0 spiro atoms. The average molecular weight is 330 g/mol. The molecule has 1 aliphatic rings. The Morgan fingerprint density at radius 1 is 1.58 bits per heavy atom. The molecule has 1 saturated heterocycles. The van der Waals surface area contributed by atoms with E-state index in [2.05, 4.69) is 36.5 Å². The summed E-state index contributed by atoms with van der Waals surface area (Å²) in [5, 5.41) is 15.2. The minimum Gasteiger partial charge on any atom is -0.465 e. The number of carbonyl (C=O) groups is 1. The largest absolute Gasteiger partial charge is 0.465 e. The molecular formula is C11H16BrN5O2. The minimum atomic E-state index is -0.874. The number of carboxylic acid groups (broad SMARTS) is 1. The number of amides is 1. The topological polar surface area (TPSA) is 90.4 Å². The van der Waals surface area contributed by atoms with Gasteiger partial charge in [-0.1, -0.05) is 0 Å². The first-order valence-corrected chi connectivity index (χ1v) is 6.84. The number of likely N-dealkylation sites (tertiary alicyclic amines) is 1. The van der Waals surface area contributed by atoms with E-state index in [1.807, 2.05) is 0 Å². The predicted molar refractivity (Wildman–Crippen MR) is 75.5 cm³/mol. The Morgan fingerprint density at radius 2 is 2.37 bits per heavy atom. The van der Waals surface area contributed by atoms with E-state index in [0.29, 0.717) is 29.3 Å². The Balaban J connectivity index is 2.08. The number of rotatable bonds is 3. The predicted octanol–water partition coefficient (Wildman–Crippen LogP) is 1.84. The van der Waals surface area contributed by atoms with E-state index in [9.17, 15) is 4.79 Å². The fraction of sp³-hybridized carbons (Fsp3) is 0.545. The van der Waals surface area contributed by atoms with Gasteiger partial charge < -0.3 is 20.6 Å². The zero-order chi connectivity index (χ0) is 13.8. The van der Waals surface area contributed by atoms with Crippen LogP contribution in [0.25, 0.3) is 0 Å². The first-order chi connectivity index (χ1) is 9.10. The summed E-state index contributed by atoms with van der Waals surface area (Å²) in [6.45, 7) is 1.06. The van der Waals surface area contributed by atoms with Gasteiger partial charge in [-0.25, -0.2) is 14.8 Å². The van der Waals surface area contributed by atoms with Crippen molar-refractivity contribution in [1.82, 2.24) is 14.9 Å². The number of piperidine rings is 1. The van der Waals surface area contributed by atoms with Gasteiger partial charge in [0.2, 0.25) is 0 Å². The number of hydrogen-bond donors (Lipinski definition) is 3. The molecule has 1 unspecified atom stereocenters. The zero-order valence-corrected chi connectivity index (χ0v) is 12.1. The molecule has 1 atom stereocenters. The lowest BCUT2D eigenvalue weighted by Gasteiger charge is -2.31. The third kappa shape index (κ3) is 3.46. The Bertz CT molecular complexity index is 470. The van der Waals surface area contributed by atoms with Crippen LogP contribution in [0, 0.1) is 0 Å². The van der Waals surface area contributed by atoms with Gasteiger partial charge in [-0.2, -0.15) is 0 Å². The van der Waals surface area contributed by atoms with Crippen molar-refractivity contribution in [1.29, 1.82) is 0 Å². The molecular weight excluding hydrogens is 314 g/mol. The fourth-order valence-electron chi connectivity index (χ4n) is 2.11. The molecule has 0 aliphatic carbocycles. The highest BCUT2D eigenvalue weighted by atomic mass is 79.9. The second-order valence-electron chi connectivity index (χ2n) is 4.35. The van der Waals surface area contributed by atoms with Crippen molar-refractivity contribution >= 4 is 33.7 Å². The lowest BCUT2D eigenvalue weighted by molar-refractivity contribution is 0.133. The van der Waals surface area contributed by atoms with E-state index < -0.39 is 6.09 Å². The lowest BCUT2D eigenvalue weighted by atomic mass is 10.1. The van der Waals surface area contributed by atoms with Crippen LogP contribution in [0.15, 0.2) is 10.8 Å². The van der Waals surface area contributed by atoms with Gasteiger partial charge >= 0.3 is 6.09 Å². The molecule has 8 heteroatoms. The third-order valence-electron chi connectivity index (χ3n) is 3.01. The Morgan fingerprint density at radius 3 is 3.05 bits per heavy atom. The smallest absolute Gasteiger partial charge is 0.407 e. The van der Waals surface area contributed by atoms with Gasteiger partial charge in [0.05, 0.1) is 6.20 Å². The molecule has 1 aromatic heterocycles. The summed E-state index contributed by atoms with van der Waals surface area (Å²) in [5.41, 5.74) is 0. The quantitative estimate of drug-likeness (QED) is 0.783. The molecule has 1 aliphatic heterocycles. The number of halogens is 1. The van der Waals surface area contributed by atoms with Crippen LogP contribution in [-0.2, 0) is 0 Å². The molecule has 7 nitrogen and oxygen atoms in total. The van der Waals surface area contributed by atoms with Crippen molar-refractivity contribution in [3.8, 4) is 0 Å². The summed E-state index contributed by atoms with van der Waals surface area (Å²) in [7, 11) is 1.77. The molecule has 104 valence electrons. The highest BCUT2D eigenvalue weighted by Crippen LogP contribution is 2.21. The molecule has 1 aromatic rings. The van der Waals surface area contributed by atoms with E-state index in [1.165, 1.54) is 4.90 Å². The van der Waals surface area contributed by atoms with Crippen LogP contribution in [-0.4, -0.2) is 52.2 Å². The molecule has 19 heavy (non-hydrogen) atoms. The van der Waals surface area contributed by atoms with E-state index in [4.69, 9.17) is 5.11 Å². The number of nitrogens with one attached hydrogen (secondary N) is 2. The molecule has 2 heterocycles. The Hall–Kier alpha value is -1.57. The second kappa shape index (κ2) is 6.05. The van der Waals surface area contributed by atoms with Crippen molar-refractivity contribution in [2.24, 2.45) is 0 Å². The minimum absolute atomic E-state index is 0.0561. The van der Waals surface area contributed by atoms with Gasteiger partial charge in [0.1, 0.15) is 4.60 Å². The zero-order valence-electron chi connectivity index (χ0n) is 10.6. The first kappa shape index (κ1) is 13.9. The number of hydrogen-bond acceptors (Lipinski definition) is 5. The standard InChI is InChI=1S/C11H16BrN5O2/c1-13-9-10(16-8(12)5-14-9)15-7-3-2-4-17(6-7)11(18)19/h5,7H,2-4,6H2,1H3,(H,13,14)(H,15,16)(H,18,19). The van der Waals surface area contributed by atoms with Crippen LogP contribution in [0.4, 0.5) is 16.4 Å². The maximum Gasteiger partial charge on any atom is 0.407 e. The maximum atomic E-state index is 11.0. The maximum absolute atomic E-state index is 11.0. The molecule has 0 radical (unpaired) electrons. The molecule has 1 amide bonds. The van der Waals surface area contributed by atoms with Crippen LogP contribution in [0.1, 0.15) is 12.8 Å². The highest BCUT2D eigenvalue weighted by Gasteiger charge is 2.24. The van der Waals surface area contributed by atoms with Crippen molar-refractivity contribution in [3.05, 3.63) is 10.8 Å². The molecule has 3 N–H and O–H groups in total. The number of aromatic nitrogens is 2.